The minimum atomic E-state index is -5.08. The molecular formula is C23H26F6N6O7S. The number of hydrogen-bond acceptors (Lipinski definition) is 8. The van der Waals surface area contributed by atoms with Crippen molar-refractivity contribution in [3.8, 4) is 0 Å². The quantitative estimate of drug-likeness (QED) is 0.132. The molecule has 238 valence electrons. The number of carboxylic acid groups (broad SMARTS) is 2. The molecule has 2 aromatic rings. The van der Waals surface area contributed by atoms with E-state index in [2.05, 4.69) is 15.0 Å². The van der Waals surface area contributed by atoms with Gasteiger partial charge in [0.15, 0.2) is 0 Å². The lowest BCUT2D eigenvalue weighted by molar-refractivity contribution is -0.193. The van der Waals surface area contributed by atoms with Gasteiger partial charge in [0, 0.05) is 43.3 Å². The Morgan fingerprint density at radius 3 is 2.07 bits per heavy atom. The number of amidine groups is 1. The molecule has 0 spiro atoms. The highest BCUT2D eigenvalue weighted by Crippen LogP contribution is 2.17. The van der Waals surface area contributed by atoms with Crippen LogP contribution in [-0.2, 0) is 31.0 Å². The van der Waals surface area contributed by atoms with Gasteiger partial charge < -0.3 is 26.2 Å². The number of nitrogens with two attached hydrogens (primary N) is 1. The molecule has 7 N–H and O–H groups in total. The lowest BCUT2D eigenvalue weighted by Crippen LogP contribution is -2.43. The number of hydrogen-bond donors (Lipinski definition) is 6. The van der Waals surface area contributed by atoms with E-state index in [1.165, 1.54) is 0 Å². The van der Waals surface area contributed by atoms with Gasteiger partial charge in [-0.2, -0.15) is 26.3 Å². The summed E-state index contributed by atoms with van der Waals surface area (Å²) < 4.78 is 90.7. The molecule has 1 aliphatic rings. The Morgan fingerprint density at radius 1 is 1.05 bits per heavy atom. The number of halogens is 6. The van der Waals surface area contributed by atoms with Crippen LogP contribution in [0.25, 0.3) is 0 Å². The average Bonchev–Trinajstić information content (AvgIpc) is 3.22. The summed E-state index contributed by atoms with van der Waals surface area (Å²) in [6.07, 6.45) is -6.51. The molecular weight excluding hydrogens is 618 g/mol. The molecule has 1 aliphatic heterocycles. The summed E-state index contributed by atoms with van der Waals surface area (Å²) in [7, 11) is -3.60. The van der Waals surface area contributed by atoms with E-state index in [0.717, 1.165) is 11.3 Å². The van der Waals surface area contributed by atoms with E-state index in [1.54, 1.807) is 47.6 Å². The number of aromatic nitrogens is 1. The predicted octanol–water partition coefficient (Wildman–Crippen LogP) is 1.76. The number of alkyl halides is 6. The Kier molecular flexibility index (Phi) is 13.3. The fraction of sp³-hybridized carbons (Fsp3) is 0.348. The van der Waals surface area contributed by atoms with Crippen LogP contribution in [0.5, 0.6) is 0 Å². The third-order valence-corrected chi connectivity index (χ3v) is 6.48. The zero-order valence-electron chi connectivity index (χ0n) is 21.8. The first-order chi connectivity index (χ1) is 19.7. The van der Waals surface area contributed by atoms with E-state index >= 15 is 0 Å². The number of carboxylic acids is 2. The van der Waals surface area contributed by atoms with Crippen molar-refractivity contribution in [3.63, 3.8) is 0 Å². The van der Waals surface area contributed by atoms with Crippen LogP contribution in [0.3, 0.4) is 0 Å². The standard InChI is InChI=1S/C19H24N6O3S.2C2HF3O2/c20-18(21)15-3-1-2-14(12-15)13-25-10-6-17(19(25)26)24-29(27,28)11-9-23-16-4-7-22-8-5-16;2*3-2(4,5)1(6)7/h1-5,7-8,12,17,24H,6,9-11,13H2,(H3,20,21)(H,22,23);2*(H,6,7)/t17-;;/m0../s1. The van der Waals surface area contributed by atoms with Crippen LogP contribution in [0, 0.1) is 5.41 Å². The highest BCUT2D eigenvalue weighted by atomic mass is 32.2. The van der Waals surface area contributed by atoms with Crippen LogP contribution >= 0.6 is 0 Å². The second-order valence-electron chi connectivity index (χ2n) is 8.42. The molecule has 1 fully saturated rings. The number of rotatable bonds is 9. The first-order valence-electron chi connectivity index (χ1n) is 11.7. The number of benzene rings is 1. The van der Waals surface area contributed by atoms with Crippen molar-refractivity contribution >= 4 is 39.4 Å². The molecule has 0 bridgehead atoms. The molecule has 13 nitrogen and oxygen atoms in total. The Labute approximate surface area is 240 Å². The fourth-order valence-corrected chi connectivity index (χ4v) is 4.28. The average molecular weight is 645 g/mol. The molecule has 43 heavy (non-hydrogen) atoms. The topological polar surface area (TPSA) is 216 Å². The second-order valence-corrected chi connectivity index (χ2v) is 10.3. The maximum atomic E-state index is 12.6. The van der Waals surface area contributed by atoms with E-state index in [0.29, 0.717) is 25.1 Å². The molecule has 2 heterocycles. The Bertz CT molecular complexity index is 1350. The van der Waals surface area contributed by atoms with Crippen molar-refractivity contribution in [3.05, 3.63) is 59.9 Å². The van der Waals surface area contributed by atoms with Gasteiger partial charge >= 0.3 is 24.3 Å². The second kappa shape index (κ2) is 15.7. The molecule has 1 aromatic carbocycles. The van der Waals surface area contributed by atoms with Gasteiger partial charge in [-0.05, 0) is 30.2 Å². The molecule has 1 saturated heterocycles. The van der Waals surface area contributed by atoms with Crippen molar-refractivity contribution in [1.82, 2.24) is 14.6 Å². The normalized spacial score (nSPS) is 15.0. The predicted molar refractivity (Wildman–Crippen MR) is 138 cm³/mol. The van der Waals surface area contributed by atoms with Gasteiger partial charge in [-0.3, -0.25) is 15.2 Å². The molecule has 1 atom stereocenters. The lowest BCUT2D eigenvalue weighted by Gasteiger charge is -2.18. The zero-order chi connectivity index (χ0) is 33.0. The molecule has 0 aliphatic carbocycles. The van der Waals surface area contributed by atoms with Gasteiger partial charge in [-0.25, -0.2) is 22.7 Å². The van der Waals surface area contributed by atoms with E-state index < -0.39 is 40.4 Å². The number of nitrogen functional groups attached to an aromatic ring is 1. The molecule has 3 rings (SSSR count). The van der Waals surface area contributed by atoms with Gasteiger partial charge in [-0.15, -0.1) is 0 Å². The smallest absolute Gasteiger partial charge is 0.475 e. The number of sulfonamides is 1. The van der Waals surface area contributed by atoms with E-state index in [9.17, 15) is 39.6 Å². The number of carbonyl (C=O) groups is 3. The molecule has 0 saturated carbocycles. The molecule has 1 aromatic heterocycles. The summed E-state index contributed by atoms with van der Waals surface area (Å²) >= 11 is 0. The number of carbonyl (C=O) groups excluding carboxylic acids is 1. The lowest BCUT2D eigenvalue weighted by atomic mass is 10.1. The van der Waals surface area contributed by atoms with Crippen molar-refractivity contribution in [2.45, 2.75) is 31.4 Å². The number of pyridine rings is 1. The minimum absolute atomic E-state index is 0.0365. The summed E-state index contributed by atoms with van der Waals surface area (Å²) in [6, 6.07) is 9.87. The largest absolute Gasteiger partial charge is 0.490 e. The fourth-order valence-electron chi connectivity index (χ4n) is 3.14. The van der Waals surface area contributed by atoms with E-state index in [1.807, 2.05) is 6.07 Å². The van der Waals surface area contributed by atoms with Crippen molar-refractivity contribution in [2.75, 3.05) is 24.2 Å². The van der Waals surface area contributed by atoms with Crippen LogP contribution in [0.2, 0.25) is 0 Å². The first-order valence-corrected chi connectivity index (χ1v) is 13.3. The van der Waals surface area contributed by atoms with Crippen LogP contribution in [0.4, 0.5) is 32.0 Å². The number of anilines is 1. The first kappa shape index (κ1) is 36.6. The SMILES string of the molecule is N=C(N)c1cccc(CN2CC[C@H](NS(=O)(=O)CCNc3ccncc3)C2=O)c1.O=C(O)C(F)(F)F.O=C(O)C(F)(F)F. The highest BCUT2D eigenvalue weighted by molar-refractivity contribution is 7.89. The number of likely N-dealkylation sites (tertiary alicyclic amines) is 1. The Morgan fingerprint density at radius 2 is 1.58 bits per heavy atom. The van der Waals surface area contributed by atoms with Crippen molar-refractivity contribution < 1.29 is 59.4 Å². The third kappa shape index (κ3) is 13.8. The summed E-state index contributed by atoms with van der Waals surface area (Å²) in [5.41, 5.74) is 7.72. The number of nitrogens with zero attached hydrogens (tertiary/aromatic N) is 2. The van der Waals surface area contributed by atoms with Gasteiger partial charge in [-0.1, -0.05) is 18.2 Å². The monoisotopic (exact) mass is 644 g/mol. The third-order valence-electron chi connectivity index (χ3n) is 5.10. The Hall–Kier alpha value is -4.46. The van der Waals surface area contributed by atoms with Crippen molar-refractivity contribution in [2.24, 2.45) is 5.73 Å². The molecule has 1 amide bonds. The highest BCUT2D eigenvalue weighted by Gasteiger charge is 2.39. The number of nitrogens with one attached hydrogen (secondary N) is 3. The maximum Gasteiger partial charge on any atom is 0.490 e. The molecule has 0 radical (unpaired) electrons. The maximum absolute atomic E-state index is 12.6. The summed E-state index contributed by atoms with van der Waals surface area (Å²) in [5, 5.41) is 24.8. The van der Waals surface area contributed by atoms with Crippen LogP contribution in [-0.4, -0.2) is 89.4 Å². The van der Waals surface area contributed by atoms with Crippen LogP contribution < -0.4 is 15.8 Å². The van der Waals surface area contributed by atoms with Crippen molar-refractivity contribution in [1.29, 1.82) is 5.41 Å². The summed E-state index contributed by atoms with van der Waals surface area (Å²) in [5.74, 6) is -5.94. The molecule has 20 heteroatoms. The van der Waals surface area contributed by atoms with Crippen LogP contribution in [0.1, 0.15) is 17.5 Å². The van der Waals surface area contributed by atoms with Gasteiger partial charge in [0.2, 0.25) is 15.9 Å². The van der Waals surface area contributed by atoms with Crippen LogP contribution in [0.15, 0.2) is 48.8 Å². The number of aliphatic carboxylic acids is 2. The minimum Gasteiger partial charge on any atom is -0.475 e. The van der Waals surface area contributed by atoms with Gasteiger partial charge in [0.1, 0.15) is 11.9 Å². The summed E-state index contributed by atoms with van der Waals surface area (Å²) in [6.45, 7) is 1.04. The van der Waals surface area contributed by atoms with Gasteiger partial charge in [0.25, 0.3) is 0 Å². The van der Waals surface area contributed by atoms with Gasteiger partial charge in [0.05, 0.1) is 5.75 Å². The molecule has 0 unspecified atom stereocenters. The summed E-state index contributed by atoms with van der Waals surface area (Å²) in [4.78, 5) is 35.9. The zero-order valence-corrected chi connectivity index (χ0v) is 22.6. The Balaban J connectivity index is 0.000000548. The number of amides is 1. The van der Waals surface area contributed by atoms with E-state index in [4.69, 9.17) is 30.9 Å². The van der Waals surface area contributed by atoms with E-state index in [-0.39, 0.29) is 24.0 Å².